The van der Waals surface area contributed by atoms with Gasteiger partial charge in [-0.3, -0.25) is 4.99 Å². The van der Waals surface area contributed by atoms with E-state index in [9.17, 15) is 8.78 Å². The Morgan fingerprint density at radius 2 is 2.08 bits per heavy atom. The molecule has 5 nitrogen and oxygen atoms in total. The van der Waals surface area contributed by atoms with Crippen molar-refractivity contribution in [3.8, 4) is 0 Å². The predicted molar refractivity (Wildman–Crippen MR) is 103 cm³/mol. The summed E-state index contributed by atoms with van der Waals surface area (Å²) in [7, 11) is 1.62. The third-order valence-corrected chi connectivity index (χ3v) is 3.26. The Hall–Kier alpha value is -1.68. The summed E-state index contributed by atoms with van der Waals surface area (Å²) < 4.78 is 37.3. The second-order valence-corrected chi connectivity index (χ2v) is 5.07. The maximum Gasteiger partial charge on any atom is 0.191 e. The molecule has 2 N–H and O–H groups in total. The fraction of sp³-hybridized carbons (Fsp3) is 0.353. The third kappa shape index (κ3) is 7.82. The zero-order chi connectivity index (χ0) is 17.2. The van der Waals surface area contributed by atoms with Gasteiger partial charge in [0.15, 0.2) is 5.96 Å². The van der Waals surface area contributed by atoms with Crippen molar-refractivity contribution in [3.63, 3.8) is 0 Å². The fourth-order valence-electron chi connectivity index (χ4n) is 2.03. The SMILES string of the molecule is CN=C(NCCCOCc1ccco1)NCc1cc(F)ccc1F.I. The monoisotopic (exact) mass is 465 g/mol. The van der Waals surface area contributed by atoms with Gasteiger partial charge in [0.2, 0.25) is 0 Å². The van der Waals surface area contributed by atoms with Crippen LogP contribution in [0.3, 0.4) is 0 Å². The van der Waals surface area contributed by atoms with Crippen molar-refractivity contribution in [1.29, 1.82) is 0 Å². The summed E-state index contributed by atoms with van der Waals surface area (Å²) in [5, 5.41) is 6.03. The van der Waals surface area contributed by atoms with Crippen LogP contribution in [-0.2, 0) is 17.9 Å². The molecule has 0 amide bonds. The molecule has 25 heavy (non-hydrogen) atoms. The highest BCUT2D eigenvalue weighted by molar-refractivity contribution is 14.0. The van der Waals surface area contributed by atoms with E-state index in [1.807, 2.05) is 12.1 Å². The van der Waals surface area contributed by atoms with Gasteiger partial charge in [-0.25, -0.2) is 8.78 Å². The number of guanidine groups is 1. The van der Waals surface area contributed by atoms with E-state index in [0.29, 0.717) is 25.7 Å². The number of nitrogens with zero attached hydrogens (tertiary/aromatic N) is 1. The molecule has 0 saturated heterocycles. The summed E-state index contributed by atoms with van der Waals surface area (Å²) in [5.74, 6) is 0.387. The van der Waals surface area contributed by atoms with E-state index in [-0.39, 0.29) is 36.1 Å². The summed E-state index contributed by atoms with van der Waals surface area (Å²) in [6.07, 6.45) is 2.38. The Morgan fingerprint density at radius 3 is 2.80 bits per heavy atom. The molecule has 2 aromatic rings. The number of nitrogens with one attached hydrogen (secondary N) is 2. The minimum Gasteiger partial charge on any atom is -0.467 e. The Morgan fingerprint density at radius 1 is 1.24 bits per heavy atom. The van der Waals surface area contributed by atoms with Crippen molar-refractivity contribution in [3.05, 3.63) is 59.6 Å². The van der Waals surface area contributed by atoms with E-state index < -0.39 is 11.6 Å². The summed E-state index contributed by atoms with van der Waals surface area (Å²) in [4.78, 5) is 4.04. The maximum absolute atomic E-state index is 13.5. The van der Waals surface area contributed by atoms with Crippen molar-refractivity contribution in [2.45, 2.75) is 19.6 Å². The van der Waals surface area contributed by atoms with Crippen molar-refractivity contribution in [2.75, 3.05) is 20.2 Å². The number of hydrogen-bond acceptors (Lipinski definition) is 3. The molecular weight excluding hydrogens is 443 g/mol. The van der Waals surface area contributed by atoms with Crippen LogP contribution in [0.15, 0.2) is 46.0 Å². The standard InChI is InChI=1S/C17H21F2N3O2.HI/c1-20-17(22-11-13-10-14(18)5-6-16(13)19)21-7-3-8-23-12-15-4-2-9-24-15;/h2,4-6,9-10H,3,7-8,11-12H2,1H3,(H2,20,21,22);1H. The Balaban J connectivity index is 0.00000312. The summed E-state index contributed by atoms with van der Waals surface area (Å²) in [6, 6.07) is 7.04. The van der Waals surface area contributed by atoms with Gasteiger partial charge >= 0.3 is 0 Å². The molecule has 1 aromatic heterocycles. The van der Waals surface area contributed by atoms with E-state index in [2.05, 4.69) is 15.6 Å². The number of rotatable bonds is 8. The predicted octanol–water partition coefficient (Wildman–Crippen LogP) is 3.45. The molecule has 0 aliphatic heterocycles. The lowest BCUT2D eigenvalue weighted by molar-refractivity contribution is 0.105. The normalized spacial score (nSPS) is 11.1. The van der Waals surface area contributed by atoms with E-state index in [1.165, 1.54) is 0 Å². The van der Waals surface area contributed by atoms with Gasteiger partial charge < -0.3 is 19.8 Å². The quantitative estimate of drug-likeness (QED) is 0.272. The number of benzene rings is 1. The first-order valence-electron chi connectivity index (χ1n) is 7.67. The molecule has 0 unspecified atom stereocenters. The van der Waals surface area contributed by atoms with Crippen molar-refractivity contribution in [1.82, 2.24) is 10.6 Å². The topological polar surface area (TPSA) is 58.8 Å². The highest BCUT2D eigenvalue weighted by Crippen LogP contribution is 2.09. The fourth-order valence-corrected chi connectivity index (χ4v) is 2.03. The van der Waals surface area contributed by atoms with Crippen LogP contribution in [0.2, 0.25) is 0 Å². The van der Waals surface area contributed by atoms with Gasteiger partial charge in [-0.2, -0.15) is 0 Å². The molecule has 0 radical (unpaired) electrons. The first-order valence-corrected chi connectivity index (χ1v) is 7.67. The van der Waals surface area contributed by atoms with Crippen LogP contribution in [-0.4, -0.2) is 26.2 Å². The van der Waals surface area contributed by atoms with Gasteiger partial charge in [-0.1, -0.05) is 0 Å². The van der Waals surface area contributed by atoms with Gasteiger partial charge in [0.25, 0.3) is 0 Å². The highest BCUT2D eigenvalue weighted by atomic mass is 127. The number of aliphatic imine (C=N–C) groups is 1. The molecule has 2 rings (SSSR count). The molecule has 0 atom stereocenters. The first-order chi connectivity index (χ1) is 11.7. The van der Waals surface area contributed by atoms with Gasteiger partial charge in [-0.05, 0) is 36.8 Å². The van der Waals surface area contributed by atoms with Crippen LogP contribution < -0.4 is 10.6 Å². The highest BCUT2D eigenvalue weighted by Gasteiger charge is 2.05. The average Bonchev–Trinajstić information content (AvgIpc) is 3.09. The number of ether oxygens (including phenoxy) is 1. The summed E-state index contributed by atoms with van der Waals surface area (Å²) in [5.41, 5.74) is 0.250. The van der Waals surface area contributed by atoms with E-state index in [0.717, 1.165) is 30.4 Å². The van der Waals surface area contributed by atoms with Gasteiger partial charge in [-0.15, -0.1) is 24.0 Å². The minimum absolute atomic E-state index is 0. The lowest BCUT2D eigenvalue weighted by Gasteiger charge is -2.12. The largest absolute Gasteiger partial charge is 0.467 e. The van der Waals surface area contributed by atoms with Gasteiger partial charge in [0.1, 0.15) is 24.0 Å². The number of furan rings is 1. The number of halogens is 3. The second kappa shape index (κ2) is 11.8. The molecule has 1 heterocycles. The second-order valence-electron chi connectivity index (χ2n) is 5.07. The average molecular weight is 465 g/mol. The molecule has 138 valence electrons. The van der Waals surface area contributed by atoms with Crippen LogP contribution in [0.4, 0.5) is 8.78 Å². The smallest absolute Gasteiger partial charge is 0.191 e. The van der Waals surface area contributed by atoms with Crippen molar-refractivity contribution >= 4 is 29.9 Å². The minimum atomic E-state index is -0.468. The zero-order valence-electron chi connectivity index (χ0n) is 13.9. The Kier molecular flexibility index (Phi) is 10.1. The van der Waals surface area contributed by atoms with Crippen molar-refractivity contribution in [2.24, 2.45) is 4.99 Å². The lowest BCUT2D eigenvalue weighted by atomic mass is 10.2. The van der Waals surface area contributed by atoms with Gasteiger partial charge in [0, 0.05) is 32.3 Å². The molecule has 0 bridgehead atoms. The van der Waals surface area contributed by atoms with E-state index in [4.69, 9.17) is 9.15 Å². The van der Waals surface area contributed by atoms with Crippen LogP contribution >= 0.6 is 24.0 Å². The molecule has 0 saturated carbocycles. The van der Waals surface area contributed by atoms with E-state index >= 15 is 0 Å². The summed E-state index contributed by atoms with van der Waals surface area (Å²) in [6.45, 7) is 1.81. The molecule has 8 heteroatoms. The summed E-state index contributed by atoms with van der Waals surface area (Å²) >= 11 is 0. The molecule has 0 aliphatic carbocycles. The zero-order valence-corrected chi connectivity index (χ0v) is 16.3. The van der Waals surface area contributed by atoms with Crippen LogP contribution in [0.1, 0.15) is 17.7 Å². The number of hydrogen-bond donors (Lipinski definition) is 2. The van der Waals surface area contributed by atoms with Crippen LogP contribution in [0, 0.1) is 11.6 Å². The molecule has 0 aliphatic rings. The molecule has 0 spiro atoms. The van der Waals surface area contributed by atoms with Crippen LogP contribution in [0.5, 0.6) is 0 Å². The van der Waals surface area contributed by atoms with Crippen molar-refractivity contribution < 1.29 is 17.9 Å². The molecular formula is C17H22F2IN3O2. The van der Waals surface area contributed by atoms with E-state index in [1.54, 1.807) is 13.3 Å². The third-order valence-electron chi connectivity index (χ3n) is 3.26. The maximum atomic E-state index is 13.5. The molecule has 0 fully saturated rings. The Labute approximate surface area is 162 Å². The Bertz CT molecular complexity index is 651. The van der Waals surface area contributed by atoms with Crippen LogP contribution in [0.25, 0.3) is 0 Å². The lowest BCUT2D eigenvalue weighted by Crippen LogP contribution is -2.37. The van der Waals surface area contributed by atoms with Gasteiger partial charge in [0.05, 0.1) is 6.26 Å². The first kappa shape index (κ1) is 21.4. The molecule has 1 aromatic carbocycles.